The van der Waals surface area contributed by atoms with E-state index in [1.54, 1.807) is 0 Å². The summed E-state index contributed by atoms with van der Waals surface area (Å²) in [4.78, 5) is 0. The molecule has 0 aromatic heterocycles. The Morgan fingerprint density at radius 2 is 1.79 bits per heavy atom. The fourth-order valence-electron chi connectivity index (χ4n) is 3.22. The van der Waals surface area contributed by atoms with Crippen LogP contribution in [0.3, 0.4) is 0 Å². The highest BCUT2D eigenvalue weighted by atomic mass is 16.3. The van der Waals surface area contributed by atoms with E-state index in [-0.39, 0.29) is 0 Å². The third kappa shape index (κ3) is 2.82. The van der Waals surface area contributed by atoms with Gasteiger partial charge < -0.3 is 5.11 Å². The van der Waals surface area contributed by atoms with Gasteiger partial charge in [-0.1, -0.05) is 44.2 Å². The average molecular weight is 257 g/mol. The topological polar surface area (TPSA) is 44.0 Å². The third-order valence-electron chi connectivity index (χ3n) is 4.73. The molecule has 0 spiro atoms. The molecule has 19 heavy (non-hydrogen) atoms. The first-order chi connectivity index (χ1) is 9.09. The van der Waals surface area contributed by atoms with Crippen molar-refractivity contribution in [2.75, 3.05) is 0 Å². The molecular formula is C17H23NO. The van der Waals surface area contributed by atoms with Crippen LogP contribution >= 0.6 is 0 Å². The summed E-state index contributed by atoms with van der Waals surface area (Å²) in [7, 11) is 0. The predicted molar refractivity (Wildman–Crippen MR) is 76.2 cm³/mol. The maximum atomic E-state index is 10.6. The minimum atomic E-state index is -0.660. The van der Waals surface area contributed by atoms with Gasteiger partial charge in [0, 0.05) is 0 Å². The van der Waals surface area contributed by atoms with Crippen molar-refractivity contribution in [1.82, 2.24) is 0 Å². The van der Waals surface area contributed by atoms with E-state index in [2.05, 4.69) is 19.9 Å². The number of nitriles is 1. The summed E-state index contributed by atoms with van der Waals surface area (Å²) < 4.78 is 0. The van der Waals surface area contributed by atoms with Crippen molar-refractivity contribution >= 4 is 0 Å². The van der Waals surface area contributed by atoms with E-state index in [0.29, 0.717) is 11.8 Å². The normalized spacial score (nSPS) is 28.9. The number of nitrogens with zero attached hydrogens (tertiary/aromatic N) is 1. The van der Waals surface area contributed by atoms with Gasteiger partial charge >= 0.3 is 0 Å². The van der Waals surface area contributed by atoms with Crippen molar-refractivity contribution in [1.29, 1.82) is 5.26 Å². The molecule has 1 fully saturated rings. The summed E-state index contributed by atoms with van der Waals surface area (Å²) in [6.07, 6.45) is 3.06. The monoisotopic (exact) mass is 257 g/mol. The molecule has 1 saturated carbocycles. The molecule has 0 saturated heterocycles. The molecule has 0 amide bonds. The molecule has 1 aliphatic carbocycles. The first-order valence-corrected chi connectivity index (χ1v) is 7.23. The van der Waals surface area contributed by atoms with E-state index in [4.69, 9.17) is 0 Å². The van der Waals surface area contributed by atoms with Gasteiger partial charge in [-0.05, 0) is 43.1 Å². The summed E-state index contributed by atoms with van der Waals surface area (Å²) >= 11 is 0. The molecule has 1 N–H and O–H groups in total. The van der Waals surface area contributed by atoms with E-state index < -0.39 is 11.5 Å². The van der Waals surface area contributed by atoms with Gasteiger partial charge in [0.15, 0.2) is 0 Å². The smallest absolute Gasteiger partial charge is 0.0976 e. The van der Waals surface area contributed by atoms with Crippen LogP contribution < -0.4 is 0 Å². The van der Waals surface area contributed by atoms with Gasteiger partial charge in [0.05, 0.1) is 17.6 Å². The van der Waals surface area contributed by atoms with Crippen LogP contribution in [0.2, 0.25) is 0 Å². The van der Waals surface area contributed by atoms with Crippen LogP contribution in [0.5, 0.6) is 0 Å². The van der Waals surface area contributed by atoms with Crippen molar-refractivity contribution in [3.8, 4) is 6.07 Å². The van der Waals surface area contributed by atoms with E-state index in [9.17, 15) is 10.4 Å². The van der Waals surface area contributed by atoms with Crippen molar-refractivity contribution in [3.63, 3.8) is 0 Å². The zero-order valence-electron chi connectivity index (χ0n) is 11.8. The molecule has 0 heterocycles. The van der Waals surface area contributed by atoms with Gasteiger partial charge in [0.25, 0.3) is 0 Å². The van der Waals surface area contributed by atoms with E-state index in [1.807, 2.05) is 30.3 Å². The van der Waals surface area contributed by atoms with Crippen molar-refractivity contribution in [3.05, 3.63) is 35.9 Å². The molecule has 0 aliphatic heterocycles. The van der Waals surface area contributed by atoms with Gasteiger partial charge in [-0.15, -0.1) is 0 Å². The van der Waals surface area contributed by atoms with Crippen LogP contribution in [-0.2, 0) is 0 Å². The second-order valence-electron chi connectivity index (χ2n) is 6.16. The fourth-order valence-corrected chi connectivity index (χ4v) is 3.22. The Bertz CT molecular complexity index is 438. The zero-order chi connectivity index (χ0) is 13.9. The number of aliphatic hydroxyl groups is 1. The summed E-state index contributed by atoms with van der Waals surface area (Å²) in [5, 5.41) is 20.2. The summed E-state index contributed by atoms with van der Waals surface area (Å²) in [6, 6.07) is 12.0. The number of aliphatic hydroxyl groups excluding tert-OH is 1. The first kappa shape index (κ1) is 14.1. The third-order valence-corrected chi connectivity index (χ3v) is 4.73. The Morgan fingerprint density at radius 3 is 2.26 bits per heavy atom. The average Bonchev–Trinajstić information content (AvgIpc) is 2.47. The Morgan fingerprint density at radius 1 is 1.21 bits per heavy atom. The highest BCUT2D eigenvalue weighted by Crippen LogP contribution is 2.48. The minimum Gasteiger partial charge on any atom is -0.387 e. The summed E-state index contributed by atoms with van der Waals surface area (Å²) in [5.74, 6) is 1.37. The largest absolute Gasteiger partial charge is 0.387 e. The number of hydrogen-bond acceptors (Lipinski definition) is 2. The molecule has 1 unspecified atom stereocenters. The van der Waals surface area contributed by atoms with Crippen molar-refractivity contribution in [2.24, 2.45) is 17.3 Å². The van der Waals surface area contributed by atoms with Crippen LogP contribution in [0, 0.1) is 28.6 Å². The Hall–Kier alpha value is -1.33. The Labute approximate surface area is 116 Å². The lowest BCUT2D eigenvalue weighted by Gasteiger charge is -2.39. The quantitative estimate of drug-likeness (QED) is 0.886. The Balaban J connectivity index is 2.15. The summed E-state index contributed by atoms with van der Waals surface area (Å²) in [6.45, 7) is 4.50. The molecule has 1 aromatic carbocycles. The molecule has 1 atom stereocenters. The second-order valence-corrected chi connectivity index (χ2v) is 6.16. The summed E-state index contributed by atoms with van der Waals surface area (Å²) in [5.41, 5.74) is 0.277. The second kappa shape index (κ2) is 5.75. The van der Waals surface area contributed by atoms with E-state index in [0.717, 1.165) is 31.2 Å². The maximum absolute atomic E-state index is 10.6. The van der Waals surface area contributed by atoms with Crippen LogP contribution in [0.15, 0.2) is 30.3 Å². The molecular weight excluding hydrogens is 234 g/mol. The number of benzene rings is 1. The Kier molecular flexibility index (Phi) is 4.27. The molecule has 102 valence electrons. The highest BCUT2D eigenvalue weighted by Gasteiger charge is 2.42. The van der Waals surface area contributed by atoms with E-state index in [1.165, 1.54) is 0 Å². The van der Waals surface area contributed by atoms with Crippen LogP contribution in [0.4, 0.5) is 0 Å². The molecule has 0 radical (unpaired) electrons. The van der Waals surface area contributed by atoms with Gasteiger partial charge in [-0.3, -0.25) is 0 Å². The van der Waals surface area contributed by atoms with Gasteiger partial charge in [0.2, 0.25) is 0 Å². The molecule has 2 nitrogen and oxygen atoms in total. The van der Waals surface area contributed by atoms with Crippen molar-refractivity contribution in [2.45, 2.75) is 45.6 Å². The van der Waals surface area contributed by atoms with Gasteiger partial charge in [-0.2, -0.15) is 5.26 Å². The SMILES string of the molecule is CC(C)C1CCC(C#N)(C(O)c2ccccc2)CC1. The van der Waals surface area contributed by atoms with Crippen LogP contribution in [-0.4, -0.2) is 5.11 Å². The van der Waals surface area contributed by atoms with Crippen LogP contribution in [0.25, 0.3) is 0 Å². The fraction of sp³-hybridized carbons (Fsp3) is 0.588. The predicted octanol–water partition coefficient (Wildman–Crippen LogP) is 4.08. The first-order valence-electron chi connectivity index (χ1n) is 7.23. The lowest BCUT2D eigenvalue weighted by atomic mass is 9.65. The molecule has 2 heteroatoms. The standard InChI is InChI=1S/C17H23NO/c1-13(2)14-8-10-17(12-18,11-9-14)16(19)15-6-4-3-5-7-15/h3-7,13-14,16,19H,8-11H2,1-2H3. The van der Waals surface area contributed by atoms with Crippen molar-refractivity contribution < 1.29 is 5.11 Å². The van der Waals surface area contributed by atoms with E-state index >= 15 is 0 Å². The molecule has 0 bridgehead atoms. The lowest BCUT2D eigenvalue weighted by Crippen LogP contribution is -2.33. The maximum Gasteiger partial charge on any atom is 0.0976 e. The van der Waals surface area contributed by atoms with Gasteiger partial charge in [-0.25, -0.2) is 0 Å². The number of rotatable bonds is 3. The highest BCUT2D eigenvalue weighted by molar-refractivity contribution is 5.23. The van der Waals surface area contributed by atoms with Crippen LogP contribution in [0.1, 0.15) is 51.2 Å². The van der Waals surface area contributed by atoms with Gasteiger partial charge in [0.1, 0.15) is 0 Å². The number of hydrogen-bond donors (Lipinski definition) is 1. The molecule has 1 aromatic rings. The lowest BCUT2D eigenvalue weighted by molar-refractivity contribution is 0.0190. The molecule has 2 rings (SSSR count). The molecule has 1 aliphatic rings. The zero-order valence-corrected chi connectivity index (χ0v) is 11.8. The minimum absolute atomic E-state index is 0.591.